The van der Waals surface area contributed by atoms with Gasteiger partial charge < -0.3 is 9.73 Å². The first-order valence-corrected chi connectivity index (χ1v) is 11.2. The summed E-state index contributed by atoms with van der Waals surface area (Å²) in [6.45, 7) is 3.17. The van der Waals surface area contributed by atoms with E-state index in [1.54, 1.807) is 18.2 Å². The normalized spacial score (nSPS) is 10.9. The average Bonchev–Trinajstić information content (AvgIpc) is 2.79. The summed E-state index contributed by atoms with van der Waals surface area (Å²) in [4.78, 5) is 31.2. The number of urea groups is 1. The molecule has 3 aromatic rings. The third-order valence-electron chi connectivity index (χ3n) is 5.25. The molecule has 2 amide bonds. The molecule has 0 aliphatic carbocycles. The van der Waals surface area contributed by atoms with E-state index in [-0.39, 0.29) is 12.0 Å². The zero-order valence-electron chi connectivity index (χ0n) is 18.2. The molecule has 0 aliphatic heterocycles. The van der Waals surface area contributed by atoms with Crippen LogP contribution in [0.5, 0.6) is 0 Å². The molecule has 164 valence electrons. The van der Waals surface area contributed by atoms with Gasteiger partial charge in [-0.2, -0.15) is 4.98 Å². The van der Waals surface area contributed by atoms with Gasteiger partial charge in [0.1, 0.15) is 0 Å². The molecule has 0 saturated heterocycles. The number of aromatic nitrogens is 1. The Morgan fingerprint density at radius 2 is 1.74 bits per heavy atom. The highest BCUT2D eigenvalue weighted by atomic mass is 16.4. The van der Waals surface area contributed by atoms with Crippen LogP contribution in [0.4, 0.5) is 10.8 Å². The van der Waals surface area contributed by atoms with Gasteiger partial charge in [0.25, 0.3) is 0 Å². The summed E-state index contributed by atoms with van der Waals surface area (Å²) in [6, 6.07) is 17.1. The number of rotatable bonds is 11. The average molecular weight is 422 g/mol. The Morgan fingerprint density at radius 1 is 0.968 bits per heavy atom. The Balaban J connectivity index is 1.62. The number of hydrogen-bond donors (Lipinski definition) is 1. The van der Waals surface area contributed by atoms with Crippen molar-refractivity contribution in [1.82, 2.24) is 10.3 Å². The van der Waals surface area contributed by atoms with Crippen LogP contribution in [0.1, 0.15) is 51.0 Å². The molecular formula is C25H31N3O3. The molecule has 6 heteroatoms. The second kappa shape index (κ2) is 11.9. The number of carbonyl (C=O) groups excluding carboxylic acids is 1. The molecule has 2 aromatic carbocycles. The van der Waals surface area contributed by atoms with E-state index in [0.717, 1.165) is 44.9 Å². The van der Waals surface area contributed by atoms with Gasteiger partial charge in [0, 0.05) is 13.1 Å². The zero-order valence-corrected chi connectivity index (χ0v) is 18.2. The highest BCUT2D eigenvalue weighted by Gasteiger charge is 2.20. The predicted molar refractivity (Wildman–Crippen MR) is 125 cm³/mol. The fraction of sp³-hybridized carbons (Fsp3) is 0.400. The van der Waals surface area contributed by atoms with Gasteiger partial charge in [0.15, 0.2) is 0 Å². The van der Waals surface area contributed by atoms with E-state index in [2.05, 4.69) is 29.4 Å². The number of unbranched alkanes of at least 4 members (excludes halogenated alkanes) is 4. The van der Waals surface area contributed by atoms with Crippen molar-refractivity contribution < 1.29 is 9.21 Å². The number of nitrogens with one attached hydrogen (secondary N) is 1. The Labute approximate surface area is 183 Å². The topological polar surface area (TPSA) is 75.4 Å². The van der Waals surface area contributed by atoms with Gasteiger partial charge in [-0.15, -0.1) is 0 Å². The number of para-hydroxylation sites is 1. The van der Waals surface area contributed by atoms with Crippen molar-refractivity contribution >= 4 is 22.9 Å². The van der Waals surface area contributed by atoms with E-state index < -0.39 is 5.63 Å². The molecule has 0 unspecified atom stereocenters. The lowest BCUT2D eigenvalue weighted by atomic mass is 10.1. The zero-order chi connectivity index (χ0) is 21.9. The molecule has 1 aromatic heterocycles. The van der Waals surface area contributed by atoms with E-state index in [4.69, 9.17) is 4.42 Å². The molecule has 0 saturated carbocycles. The lowest BCUT2D eigenvalue weighted by molar-refractivity contribution is 0.244. The van der Waals surface area contributed by atoms with Crippen LogP contribution >= 0.6 is 0 Å². The van der Waals surface area contributed by atoms with Gasteiger partial charge in [-0.3, -0.25) is 0 Å². The fourth-order valence-electron chi connectivity index (χ4n) is 3.49. The maximum atomic E-state index is 12.9. The van der Waals surface area contributed by atoms with E-state index in [9.17, 15) is 9.59 Å². The summed E-state index contributed by atoms with van der Waals surface area (Å²) in [7, 11) is 0. The highest BCUT2D eigenvalue weighted by molar-refractivity contribution is 5.90. The molecule has 0 spiro atoms. The number of nitrogens with zero attached hydrogens (tertiary/aromatic N) is 2. The Hall–Kier alpha value is -3.15. The van der Waals surface area contributed by atoms with Crippen LogP contribution in [-0.4, -0.2) is 24.1 Å². The van der Waals surface area contributed by atoms with Crippen molar-refractivity contribution in [2.45, 2.75) is 51.9 Å². The number of carbonyl (C=O) groups is 1. The van der Waals surface area contributed by atoms with Crippen LogP contribution in [0.15, 0.2) is 63.8 Å². The standard InChI is InChI=1S/C25H31N3O3/c1-2-3-4-12-19-28(25-27-22-17-9-8-16-21(22)23(29)31-25)24(30)26-18-11-10-15-20-13-6-5-7-14-20/h5-9,13-14,16-17H,2-4,10-12,15,18-19H2,1H3,(H,26,30). The van der Waals surface area contributed by atoms with Crippen LogP contribution in [0.25, 0.3) is 10.9 Å². The number of aryl methyl sites for hydroxylation is 1. The minimum Gasteiger partial charge on any atom is -0.388 e. The first-order valence-electron chi connectivity index (χ1n) is 11.2. The van der Waals surface area contributed by atoms with Crippen LogP contribution < -0.4 is 15.8 Å². The van der Waals surface area contributed by atoms with Crippen molar-refractivity contribution in [1.29, 1.82) is 0 Å². The lowest BCUT2D eigenvalue weighted by Crippen LogP contribution is -2.42. The van der Waals surface area contributed by atoms with Crippen molar-refractivity contribution in [2.75, 3.05) is 18.0 Å². The minimum absolute atomic E-state index is 0.0574. The third-order valence-corrected chi connectivity index (χ3v) is 5.25. The first-order chi connectivity index (χ1) is 15.2. The molecule has 31 heavy (non-hydrogen) atoms. The van der Waals surface area contributed by atoms with E-state index in [0.29, 0.717) is 24.0 Å². The summed E-state index contributed by atoms with van der Waals surface area (Å²) >= 11 is 0. The molecule has 1 heterocycles. The Bertz CT molecular complexity index is 1020. The van der Waals surface area contributed by atoms with Gasteiger partial charge in [-0.25, -0.2) is 14.5 Å². The summed E-state index contributed by atoms with van der Waals surface area (Å²) in [6.07, 6.45) is 6.89. The number of hydrogen-bond acceptors (Lipinski definition) is 4. The predicted octanol–water partition coefficient (Wildman–Crippen LogP) is 5.31. The van der Waals surface area contributed by atoms with Crippen molar-refractivity contribution in [3.63, 3.8) is 0 Å². The molecule has 0 aliphatic rings. The smallest absolute Gasteiger partial charge is 0.348 e. The van der Waals surface area contributed by atoms with E-state index >= 15 is 0 Å². The second-order valence-corrected chi connectivity index (χ2v) is 7.69. The van der Waals surface area contributed by atoms with Gasteiger partial charge in [-0.05, 0) is 43.4 Å². The van der Waals surface area contributed by atoms with Crippen molar-refractivity contribution in [2.24, 2.45) is 0 Å². The van der Waals surface area contributed by atoms with Crippen molar-refractivity contribution in [3.05, 3.63) is 70.6 Å². The van der Waals surface area contributed by atoms with E-state index in [1.807, 2.05) is 24.3 Å². The molecule has 0 radical (unpaired) electrons. The van der Waals surface area contributed by atoms with Crippen LogP contribution in [-0.2, 0) is 6.42 Å². The molecule has 3 rings (SSSR count). The number of fused-ring (bicyclic) bond motifs is 1. The summed E-state index contributed by atoms with van der Waals surface area (Å²) in [5.41, 5.74) is 1.35. The lowest BCUT2D eigenvalue weighted by Gasteiger charge is -2.20. The molecule has 0 fully saturated rings. The first kappa shape index (κ1) is 22.5. The molecular weight excluding hydrogens is 390 g/mol. The van der Waals surface area contributed by atoms with Crippen LogP contribution in [0, 0.1) is 0 Å². The molecule has 0 bridgehead atoms. The minimum atomic E-state index is -0.477. The molecule has 6 nitrogen and oxygen atoms in total. The van der Waals surface area contributed by atoms with Crippen LogP contribution in [0.2, 0.25) is 0 Å². The summed E-state index contributed by atoms with van der Waals surface area (Å²) < 4.78 is 5.41. The molecule has 0 atom stereocenters. The van der Waals surface area contributed by atoms with Crippen LogP contribution in [0.3, 0.4) is 0 Å². The third kappa shape index (κ3) is 6.67. The van der Waals surface area contributed by atoms with Gasteiger partial charge in [-0.1, -0.05) is 68.7 Å². The Kier molecular flexibility index (Phi) is 8.64. The van der Waals surface area contributed by atoms with E-state index in [1.165, 1.54) is 10.5 Å². The maximum absolute atomic E-state index is 12.9. The fourth-order valence-corrected chi connectivity index (χ4v) is 3.49. The van der Waals surface area contributed by atoms with Gasteiger partial charge >= 0.3 is 17.7 Å². The van der Waals surface area contributed by atoms with Gasteiger partial charge in [0.2, 0.25) is 0 Å². The summed E-state index contributed by atoms with van der Waals surface area (Å²) in [5.74, 6) is 0. The Morgan fingerprint density at radius 3 is 2.55 bits per heavy atom. The monoisotopic (exact) mass is 421 g/mol. The number of benzene rings is 2. The SMILES string of the molecule is CCCCCCN(C(=O)NCCCCc1ccccc1)c1nc2ccccc2c(=O)o1. The van der Waals surface area contributed by atoms with Gasteiger partial charge in [0.05, 0.1) is 10.9 Å². The van der Waals surface area contributed by atoms with Crippen molar-refractivity contribution in [3.8, 4) is 0 Å². The second-order valence-electron chi connectivity index (χ2n) is 7.69. The highest BCUT2D eigenvalue weighted by Crippen LogP contribution is 2.16. The largest absolute Gasteiger partial charge is 0.388 e. The number of anilines is 1. The molecule has 1 N–H and O–H groups in total. The maximum Gasteiger partial charge on any atom is 0.348 e. The quantitative estimate of drug-likeness (QED) is 0.426. The number of amides is 2. The summed E-state index contributed by atoms with van der Waals surface area (Å²) in [5, 5.41) is 3.38.